The van der Waals surface area contributed by atoms with Crippen LogP contribution in [0, 0.1) is 6.92 Å². The van der Waals surface area contributed by atoms with Crippen molar-refractivity contribution in [1.82, 2.24) is 14.3 Å². The zero-order valence-corrected chi connectivity index (χ0v) is 18.9. The zero-order valence-electron chi connectivity index (χ0n) is 17.3. The van der Waals surface area contributed by atoms with Gasteiger partial charge >= 0.3 is 0 Å². The Kier molecular flexibility index (Phi) is 5.58. The second-order valence-corrected chi connectivity index (χ2v) is 9.21. The number of anilines is 1. The normalized spacial score (nSPS) is 18.3. The third kappa shape index (κ3) is 3.85. The third-order valence-corrected chi connectivity index (χ3v) is 6.72. The van der Waals surface area contributed by atoms with E-state index < -0.39 is 0 Å². The average Bonchev–Trinajstić information content (AvgIpc) is 3.40. The lowest BCUT2D eigenvalue weighted by molar-refractivity contribution is -0.122. The van der Waals surface area contributed by atoms with Crippen LogP contribution >= 0.6 is 24.0 Å². The molecule has 0 spiro atoms. The van der Waals surface area contributed by atoms with Crippen molar-refractivity contribution in [1.29, 1.82) is 0 Å². The van der Waals surface area contributed by atoms with E-state index in [2.05, 4.69) is 0 Å². The summed E-state index contributed by atoms with van der Waals surface area (Å²) in [5.74, 6) is 0.941. The average molecular weight is 469 g/mol. The van der Waals surface area contributed by atoms with E-state index in [-0.39, 0.29) is 18.0 Å². The van der Waals surface area contributed by atoms with Crippen LogP contribution in [0.3, 0.4) is 0 Å². The van der Waals surface area contributed by atoms with Gasteiger partial charge in [0.25, 0.3) is 11.5 Å². The third-order valence-electron chi connectivity index (χ3n) is 5.34. The number of amides is 1. The van der Waals surface area contributed by atoms with Crippen LogP contribution in [-0.4, -0.2) is 50.8 Å². The van der Waals surface area contributed by atoms with E-state index in [1.807, 2.05) is 24.0 Å². The minimum atomic E-state index is -0.252. The van der Waals surface area contributed by atoms with Crippen molar-refractivity contribution in [3.63, 3.8) is 0 Å². The van der Waals surface area contributed by atoms with Gasteiger partial charge in [-0.2, -0.15) is 0 Å². The van der Waals surface area contributed by atoms with Crippen LogP contribution in [0.15, 0.2) is 50.8 Å². The quantitative estimate of drug-likeness (QED) is 0.427. The highest BCUT2D eigenvalue weighted by Gasteiger charge is 2.33. The predicted molar refractivity (Wildman–Crippen MR) is 127 cm³/mol. The number of fused-ring (bicyclic) bond motifs is 1. The van der Waals surface area contributed by atoms with Crippen LogP contribution in [0.2, 0.25) is 0 Å². The number of aromatic nitrogens is 2. The molecular formula is C22H20N4O4S2. The van der Waals surface area contributed by atoms with Gasteiger partial charge in [0.05, 0.1) is 36.5 Å². The van der Waals surface area contributed by atoms with Crippen LogP contribution < -0.4 is 10.5 Å². The Balaban J connectivity index is 1.60. The fraction of sp³-hybridized carbons (Fsp3) is 0.273. The standard InChI is InChI=1S/C22H20N4O4S2/c1-14-4-5-18-23-19(24-6-9-29-10-7-24)16(20(27)25(18)12-14)11-17-21(28)26(22(31)32-17)13-15-3-2-8-30-15/h2-5,8,11-12H,6-7,9-10,13H2,1H3/b17-11+. The highest BCUT2D eigenvalue weighted by Crippen LogP contribution is 2.34. The zero-order chi connectivity index (χ0) is 22.2. The number of carbonyl (C=O) groups is 1. The highest BCUT2D eigenvalue weighted by molar-refractivity contribution is 8.26. The Hall–Kier alpha value is -2.95. The van der Waals surface area contributed by atoms with Crippen LogP contribution in [-0.2, 0) is 16.1 Å². The van der Waals surface area contributed by atoms with Gasteiger partial charge in [-0.05, 0) is 36.8 Å². The molecule has 5 heterocycles. The van der Waals surface area contributed by atoms with Crippen LogP contribution in [0.5, 0.6) is 0 Å². The minimum absolute atomic E-state index is 0.225. The molecule has 0 radical (unpaired) electrons. The van der Waals surface area contributed by atoms with Crippen LogP contribution in [0.25, 0.3) is 11.7 Å². The van der Waals surface area contributed by atoms with Gasteiger partial charge in [-0.15, -0.1) is 0 Å². The molecule has 0 atom stereocenters. The monoisotopic (exact) mass is 468 g/mol. The Morgan fingerprint density at radius 2 is 2.03 bits per heavy atom. The van der Waals surface area contributed by atoms with Crippen molar-refractivity contribution >= 4 is 51.7 Å². The SMILES string of the molecule is Cc1ccc2nc(N3CCOCC3)c(/C=C3/SC(=S)N(Cc4ccco4)C3=O)c(=O)n2c1. The number of pyridine rings is 1. The Morgan fingerprint density at radius 1 is 1.22 bits per heavy atom. The first kappa shape index (κ1) is 20.9. The molecule has 0 unspecified atom stereocenters. The summed E-state index contributed by atoms with van der Waals surface area (Å²) in [5, 5.41) is 0. The summed E-state index contributed by atoms with van der Waals surface area (Å²) < 4.78 is 12.8. The molecule has 0 N–H and O–H groups in total. The summed E-state index contributed by atoms with van der Waals surface area (Å²) in [7, 11) is 0. The highest BCUT2D eigenvalue weighted by atomic mass is 32.2. The van der Waals surface area contributed by atoms with E-state index in [4.69, 9.17) is 26.4 Å². The number of nitrogens with zero attached hydrogens (tertiary/aromatic N) is 4. The predicted octanol–water partition coefficient (Wildman–Crippen LogP) is 2.83. The number of thiocarbonyl (C=S) groups is 1. The molecule has 10 heteroatoms. The molecule has 0 saturated carbocycles. The first-order valence-corrected chi connectivity index (χ1v) is 11.4. The number of hydrogen-bond donors (Lipinski definition) is 0. The summed E-state index contributed by atoms with van der Waals surface area (Å²) in [5.41, 5.74) is 1.64. The number of hydrogen-bond acceptors (Lipinski definition) is 8. The molecule has 5 rings (SSSR count). The number of carbonyl (C=O) groups excluding carboxylic acids is 1. The summed E-state index contributed by atoms with van der Waals surface area (Å²) in [4.78, 5) is 35.3. The molecule has 1 amide bonds. The van der Waals surface area contributed by atoms with Crippen LogP contribution in [0.4, 0.5) is 5.82 Å². The second-order valence-electron chi connectivity index (χ2n) is 7.54. The molecular weight excluding hydrogens is 448 g/mol. The number of thioether (sulfide) groups is 1. The summed E-state index contributed by atoms with van der Waals surface area (Å²) in [6, 6.07) is 7.31. The Bertz CT molecular complexity index is 1290. The number of rotatable bonds is 4. The molecule has 164 valence electrons. The van der Waals surface area contributed by atoms with Gasteiger partial charge in [0.15, 0.2) is 0 Å². The van der Waals surface area contributed by atoms with Crippen molar-refractivity contribution in [2.24, 2.45) is 0 Å². The Labute approximate surface area is 193 Å². The molecule has 2 fully saturated rings. The first-order valence-electron chi connectivity index (χ1n) is 10.1. The number of ether oxygens (including phenoxy) is 1. The minimum Gasteiger partial charge on any atom is -0.467 e. The number of aryl methyl sites for hydroxylation is 1. The molecule has 2 aliphatic heterocycles. The molecule has 0 aliphatic carbocycles. The van der Waals surface area contributed by atoms with Gasteiger partial charge in [-0.3, -0.25) is 18.9 Å². The van der Waals surface area contributed by atoms with Gasteiger partial charge in [0, 0.05) is 19.3 Å². The molecule has 2 saturated heterocycles. The Morgan fingerprint density at radius 3 is 2.78 bits per heavy atom. The first-order chi connectivity index (χ1) is 15.5. The smallest absolute Gasteiger partial charge is 0.267 e. The van der Waals surface area contributed by atoms with Crippen molar-refractivity contribution in [3.05, 3.63) is 68.9 Å². The lowest BCUT2D eigenvalue weighted by Crippen LogP contribution is -2.38. The second kappa shape index (κ2) is 8.53. The van der Waals surface area contributed by atoms with Gasteiger partial charge < -0.3 is 14.1 Å². The molecule has 8 nitrogen and oxygen atoms in total. The maximum atomic E-state index is 13.5. The number of furan rings is 1. The molecule has 32 heavy (non-hydrogen) atoms. The molecule has 0 aromatic carbocycles. The van der Waals surface area contributed by atoms with Crippen molar-refractivity contribution in [3.8, 4) is 0 Å². The van der Waals surface area contributed by atoms with E-state index in [9.17, 15) is 9.59 Å². The summed E-state index contributed by atoms with van der Waals surface area (Å²) >= 11 is 6.61. The molecule has 0 bridgehead atoms. The van der Waals surface area contributed by atoms with Crippen molar-refractivity contribution in [2.75, 3.05) is 31.2 Å². The molecule has 3 aromatic heterocycles. The summed E-state index contributed by atoms with van der Waals surface area (Å²) in [6.07, 6.45) is 4.94. The van der Waals surface area contributed by atoms with E-state index >= 15 is 0 Å². The lowest BCUT2D eigenvalue weighted by atomic mass is 10.2. The molecule has 2 aliphatic rings. The van der Waals surface area contributed by atoms with E-state index in [1.54, 1.807) is 30.7 Å². The molecule has 3 aromatic rings. The topological polar surface area (TPSA) is 80.3 Å². The van der Waals surface area contributed by atoms with Crippen molar-refractivity contribution < 1.29 is 13.9 Å². The fourth-order valence-corrected chi connectivity index (χ4v) is 4.95. The van der Waals surface area contributed by atoms with Gasteiger partial charge in [-0.1, -0.05) is 30.0 Å². The maximum absolute atomic E-state index is 13.5. The maximum Gasteiger partial charge on any atom is 0.267 e. The van der Waals surface area contributed by atoms with E-state index in [1.165, 1.54) is 21.1 Å². The van der Waals surface area contributed by atoms with Gasteiger partial charge in [0.1, 0.15) is 21.5 Å². The van der Waals surface area contributed by atoms with Gasteiger partial charge in [-0.25, -0.2) is 4.98 Å². The van der Waals surface area contributed by atoms with E-state index in [0.717, 1.165) is 5.56 Å². The van der Waals surface area contributed by atoms with E-state index in [0.29, 0.717) is 58.3 Å². The number of morpholine rings is 1. The summed E-state index contributed by atoms with van der Waals surface area (Å²) in [6.45, 7) is 4.52. The lowest BCUT2D eigenvalue weighted by Gasteiger charge is -2.29. The van der Waals surface area contributed by atoms with Gasteiger partial charge in [0.2, 0.25) is 0 Å². The van der Waals surface area contributed by atoms with Crippen LogP contribution in [0.1, 0.15) is 16.9 Å². The fourth-order valence-electron chi connectivity index (χ4n) is 3.72. The largest absolute Gasteiger partial charge is 0.467 e. The van der Waals surface area contributed by atoms with Crippen molar-refractivity contribution in [2.45, 2.75) is 13.5 Å².